The Kier molecular flexibility index (Phi) is 3.52. The first-order valence-corrected chi connectivity index (χ1v) is 7.75. The van der Waals surface area contributed by atoms with Crippen molar-refractivity contribution in [1.82, 2.24) is 20.2 Å². The van der Waals surface area contributed by atoms with E-state index in [0.29, 0.717) is 33.7 Å². The summed E-state index contributed by atoms with van der Waals surface area (Å²) in [4.78, 5) is 7.68. The standard InChI is InChI=1S/C16H11Cl2N5/c17-10-5-6-13-11(7-10)14-15(20-13)21-16(23-22-14)19-8-9-3-1-2-4-12(9)18/h1-7H,8H2,(H2,19,20,21,23). The van der Waals surface area contributed by atoms with E-state index in [0.717, 1.165) is 16.5 Å². The molecule has 7 heteroatoms. The highest BCUT2D eigenvalue weighted by molar-refractivity contribution is 6.32. The molecule has 114 valence electrons. The van der Waals surface area contributed by atoms with E-state index >= 15 is 0 Å². The van der Waals surface area contributed by atoms with Gasteiger partial charge in [0.05, 0.1) is 0 Å². The summed E-state index contributed by atoms with van der Waals surface area (Å²) in [6, 6.07) is 13.2. The molecule has 5 nitrogen and oxygen atoms in total. The molecule has 2 aromatic carbocycles. The molecule has 0 aliphatic heterocycles. The molecule has 2 N–H and O–H groups in total. The van der Waals surface area contributed by atoms with E-state index in [4.69, 9.17) is 23.2 Å². The van der Waals surface area contributed by atoms with Gasteiger partial charge >= 0.3 is 0 Å². The van der Waals surface area contributed by atoms with Crippen LogP contribution < -0.4 is 5.32 Å². The van der Waals surface area contributed by atoms with Crippen molar-refractivity contribution in [3.63, 3.8) is 0 Å². The van der Waals surface area contributed by atoms with Gasteiger partial charge < -0.3 is 10.3 Å². The number of nitrogens with zero attached hydrogens (tertiary/aromatic N) is 3. The van der Waals surface area contributed by atoms with Crippen LogP contribution in [0.4, 0.5) is 5.95 Å². The molecule has 2 heterocycles. The third-order valence-electron chi connectivity index (χ3n) is 3.57. The second-order valence-electron chi connectivity index (χ2n) is 5.09. The number of hydrogen-bond donors (Lipinski definition) is 2. The number of hydrogen-bond acceptors (Lipinski definition) is 4. The average Bonchev–Trinajstić information content (AvgIpc) is 2.91. The van der Waals surface area contributed by atoms with Crippen LogP contribution in [-0.2, 0) is 6.54 Å². The number of halogens is 2. The topological polar surface area (TPSA) is 66.5 Å². The van der Waals surface area contributed by atoms with Gasteiger partial charge in [-0.3, -0.25) is 0 Å². The van der Waals surface area contributed by atoms with Crippen molar-refractivity contribution in [2.45, 2.75) is 6.54 Å². The molecule has 2 aromatic heterocycles. The molecule has 0 fully saturated rings. The molecule has 0 saturated heterocycles. The summed E-state index contributed by atoms with van der Waals surface area (Å²) in [6.45, 7) is 0.527. The summed E-state index contributed by atoms with van der Waals surface area (Å²) in [5.41, 5.74) is 3.26. The Hall–Kier alpha value is -2.37. The van der Waals surface area contributed by atoms with Gasteiger partial charge in [-0.25, -0.2) is 0 Å². The van der Waals surface area contributed by atoms with Gasteiger partial charge in [0.25, 0.3) is 0 Å². The number of rotatable bonds is 3. The van der Waals surface area contributed by atoms with E-state index in [9.17, 15) is 0 Å². The van der Waals surface area contributed by atoms with Crippen molar-refractivity contribution in [1.29, 1.82) is 0 Å². The zero-order chi connectivity index (χ0) is 15.8. The van der Waals surface area contributed by atoms with Gasteiger partial charge in [-0.2, -0.15) is 4.98 Å². The van der Waals surface area contributed by atoms with Crippen LogP contribution in [0.15, 0.2) is 42.5 Å². The minimum Gasteiger partial charge on any atom is -0.349 e. The van der Waals surface area contributed by atoms with Gasteiger partial charge in [0.2, 0.25) is 5.95 Å². The molecule has 4 aromatic rings. The van der Waals surface area contributed by atoms with E-state index in [1.165, 1.54) is 0 Å². The fourth-order valence-corrected chi connectivity index (χ4v) is 2.81. The van der Waals surface area contributed by atoms with Crippen LogP contribution in [0, 0.1) is 0 Å². The van der Waals surface area contributed by atoms with Crippen LogP contribution in [0.5, 0.6) is 0 Å². The number of nitrogens with one attached hydrogen (secondary N) is 2. The first-order valence-electron chi connectivity index (χ1n) is 6.99. The molecule has 0 radical (unpaired) electrons. The molecule has 0 amide bonds. The van der Waals surface area contributed by atoms with Crippen LogP contribution >= 0.6 is 23.2 Å². The average molecular weight is 344 g/mol. The molecule has 4 rings (SSSR count). The second kappa shape index (κ2) is 5.68. The number of benzene rings is 2. The fourth-order valence-electron chi connectivity index (χ4n) is 2.43. The molecule has 0 unspecified atom stereocenters. The Morgan fingerprint density at radius 3 is 2.78 bits per heavy atom. The third-order valence-corrected chi connectivity index (χ3v) is 4.18. The summed E-state index contributed by atoms with van der Waals surface area (Å²) < 4.78 is 0. The van der Waals surface area contributed by atoms with E-state index in [1.54, 1.807) is 0 Å². The second-order valence-corrected chi connectivity index (χ2v) is 5.94. The van der Waals surface area contributed by atoms with Gasteiger partial charge in [0.15, 0.2) is 5.65 Å². The summed E-state index contributed by atoms with van der Waals surface area (Å²) >= 11 is 12.2. The molecule has 23 heavy (non-hydrogen) atoms. The highest BCUT2D eigenvalue weighted by Gasteiger charge is 2.09. The van der Waals surface area contributed by atoms with Crippen LogP contribution in [-0.4, -0.2) is 20.2 Å². The smallest absolute Gasteiger partial charge is 0.245 e. The van der Waals surface area contributed by atoms with Crippen molar-refractivity contribution in [3.05, 3.63) is 58.1 Å². The van der Waals surface area contributed by atoms with Gasteiger partial charge in [0, 0.05) is 27.5 Å². The van der Waals surface area contributed by atoms with Gasteiger partial charge in [-0.05, 0) is 29.8 Å². The number of fused-ring (bicyclic) bond motifs is 3. The lowest BCUT2D eigenvalue weighted by Gasteiger charge is -2.05. The monoisotopic (exact) mass is 343 g/mol. The molecule has 0 spiro atoms. The minimum atomic E-state index is 0.440. The number of aromatic amines is 1. The quantitative estimate of drug-likeness (QED) is 0.577. The SMILES string of the molecule is Clc1ccc2[nH]c3nc(NCc4ccccc4Cl)nnc3c2c1. The van der Waals surface area contributed by atoms with Crippen LogP contribution in [0.3, 0.4) is 0 Å². The Labute approximate surface area is 141 Å². The maximum absolute atomic E-state index is 6.14. The van der Waals surface area contributed by atoms with Crippen molar-refractivity contribution in [2.75, 3.05) is 5.32 Å². The molecule has 0 bridgehead atoms. The lowest BCUT2D eigenvalue weighted by atomic mass is 10.2. The summed E-state index contributed by atoms with van der Waals surface area (Å²) in [5, 5.41) is 13.8. The molecule has 0 aliphatic rings. The normalized spacial score (nSPS) is 11.2. The van der Waals surface area contributed by atoms with Crippen LogP contribution in [0.2, 0.25) is 10.0 Å². The number of H-pyrrole nitrogens is 1. The maximum Gasteiger partial charge on any atom is 0.245 e. The van der Waals surface area contributed by atoms with E-state index in [1.807, 2.05) is 42.5 Å². The molecule has 0 atom stereocenters. The predicted octanol–water partition coefficient (Wildman–Crippen LogP) is 4.43. The summed E-state index contributed by atoms with van der Waals surface area (Å²) in [5.74, 6) is 0.440. The lowest BCUT2D eigenvalue weighted by Crippen LogP contribution is -2.05. The number of anilines is 1. The summed E-state index contributed by atoms with van der Waals surface area (Å²) in [7, 11) is 0. The zero-order valence-corrected chi connectivity index (χ0v) is 13.4. The lowest BCUT2D eigenvalue weighted by molar-refractivity contribution is 0.983. The Balaban J connectivity index is 1.66. The van der Waals surface area contributed by atoms with Crippen molar-refractivity contribution >= 4 is 51.2 Å². The van der Waals surface area contributed by atoms with E-state index in [-0.39, 0.29) is 0 Å². The highest BCUT2D eigenvalue weighted by Crippen LogP contribution is 2.25. The molecule has 0 aliphatic carbocycles. The van der Waals surface area contributed by atoms with E-state index in [2.05, 4.69) is 25.5 Å². The van der Waals surface area contributed by atoms with E-state index < -0.39 is 0 Å². The summed E-state index contributed by atoms with van der Waals surface area (Å²) in [6.07, 6.45) is 0. The van der Waals surface area contributed by atoms with Crippen LogP contribution in [0.25, 0.3) is 22.1 Å². The van der Waals surface area contributed by atoms with Crippen molar-refractivity contribution in [3.8, 4) is 0 Å². The Morgan fingerprint density at radius 2 is 1.91 bits per heavy atom. The molecule has 0 saturated carbocycles. The largest absolute Gasteiger partial charge is 0.349 e. The third kappa shape index (κ3) is 2.69. The van der Waals surface area contributed by atoms with Crippen LogP contribution in [0.1, 0.15) is 5.56 Å². The van der Waals surface area contributed by atoms with Crippen molar-refractivity contribution in [2.24, 2.45) is 0 Å². The fraction of sp³-hybridized carbons (Fsp3) is 0.0625. The highest BCUT2D eigenvalue weighted by atomic mass is 35.5. The molecular formula is C16H11Cl2N5. The van der Waals surface area contributed by atoms with Gasteiger partial charge in [-0.1, -0.05) is 41.4 Å². The molecular weight excluding hydrogens is 333 g/mol. The first kappa shape index (κ1) is 14.2. The Bertz CT molecular complexity index is 1010. The van der Waals surface area contributed by atoms with Crippen molar-refractivity contribution < 1.29 is 0 Å². The predicted molar refractivity (Wildman–Crippen MR) is 93.0 cm³/mol. The first-order chi connectivity index (χ1) is 11.2. The van der Waals surface area contributed by atoms with Gasteiger partial charge in [0.1, 0.15) is 5.52 Å². The Morgan fingerprint density at radius 1 is 1.04 bits per heavy atom. The minimum absolute atomic E-state index is 0.440. The number of aromatic nitrogens is 4. The zero-order valence-electron chi connectivity index (χ0n) is 11.8. The maximum atomic E-state index is 6.14. The van der Waals surface area contributed by atoms with Gasteiger partial charge in [-0.15, -0.1) is 10.2 Å².